The average molecular weight is 420 g/mol. The van der Waals surface area contributed by atoms with E-state index in [-0.39, 0.29) is 10.8 Å². The minimum atomic E-state index is -3.76. The molecule has 0 atom stereocenters. The van der Waals surface area contributed by atoms with Crippen LogP contribution in [0, 0.1) is 25.2 Å². The fraction of sp³-hybridized carbons (Fsp3) is 0.130. The van der Waals surface area contributed by atoms with Crippen LogP contribution < -0.4 is 10.0 Å². The van der Waals surface area contributed by atoms with Gasteiger partial charge in [0.05, 0.1) is 17.4 Å². The van der Waals surface area contributed by atoms with Crippen molar-refractivity contribution in [2.75, 3.05) is 10.0 Å². The van der Waals surface area contributed by atoms with Crippen LogP contribution in [0.15, 0.2) is 71.6 Å². The van der Waals surface area contributed by atoms with E-state index in [0.29, 0.717) is 23.4 Å². The molecule has 0 saturated heterocycles. The van der Waals surface area contributed by atoms with Crippen LogP contribution in [-0.2, 0) is 16.4 Å². The third kappa shape index (κ3) is 5.04. The lowest BCUT2D eigenvalue weighted by Crippen LogP contribution is -2.15. The van der Waals surface area contributed by atoms with Gasteiger partial charge in [0.25, 0.3) is 15.9 Å². The summed E-state index contributed by atoms with van der Waals surface area (Å²) < 4.78 is 27.8. The number of carbonyl (C=O) groups excluding carboxylic acids is 1. The molecule has 0 aliphatic carbocycles. The predicted molar refractivity (Wildman–Crippen MR) is 117 cm³/mol. The van der Waals surface area contributed by atoms with Crippen molar-refractivity contribution in [1.29, 1.82) is 5.26 Å². The van der Waals surface area contributed by atoms with Gasteiger partial charge in [-0.2, -0.15) is 5.26 Å². The van der Waals surface area contributed by atoms with Crippen LogP contribution >= 0.6 is 0 Å². The summed E-state index contributed by atoms with van der Waals surface area (Å²) in [5.41, 5.74) is 4.34. The summed E-state index contributed by atoms with van der Waals surface area (Å²) in [6.07, 6.45) is 0.306. The number of hydrogen-bond donors (Lipinski definition) is 2. The Bertz CT molecular complexity index is 1210. The van der Waals surface area contributed by atoms with Crippen LogP contribution in [0.5, 0.6) is 0 Å². The first-order valence-corrected chi connectivity index (χ1v) is 10.7. The number of rotatable bonds is 6. The quantitative estimate of drug-likeness (QED) is 0.618. The van der Waals surface area contributed by atoms with E-state index in [1.807, 2.05) is 19.9 Å². The zero-order valence-electron chi connectivity index (χ0n) is 16.6. The van der Waals surface area contributed by atoms with Gasteiger partial charge in [-0.1, -0.05) is 18.2 Å². The molecule has 2 N–H and O–H groups in total. The molecular weight excluding hydrogens is 398 g/mol. The van der Waals surface area contributed by atoms with E-state index in [4.69, 9.17) is 5.26 Å². The lowest BCUT2D eigenvalue weighted by atomic mass is 10.1. The van der Waals surface area contributed by atoms with Gasteiger partial charge in [-0.15, -0.1) is 0 Å². The maximum absolute atomic E-state index is 12.6. The minimum Gasteiger partial charge on any atom is -0.322 e. The highest BCUT2D eigenvalue weighted by Crippen LogP contribution is 2.20. The topological polar surface area (TPSA) is 99.1 Å². The van der Waals surface area contributed by atoms with Gasteiger partial charge in [0.2, 0.25) is 0 Å². The highest BCUT2D eigenvalue weighted by molar-refractivity contribution is 7.92. The molecule has 0 bridgehead atoms. The second-order valence-corrected chi connectivity index (χ2v) is 8.60. The monoisotopic (exact) mass is 419 g/mol. The van der Waals surface area contributed by atoms with Crippen molar-refractivity contribution in [2.24, 2.45) is 0 Å². The number of sulfonamides is 1. The average Bonchev–Trinajstić information content (AvgIpc) is 2.72. The molecule has 0 unspecified atom stereocenters. The summed E-state index contributed by atoms with van der Waals surface area (Å²) in [6.45, 7) is 3.87. The first kappa shape index (κ1) is 21.1. The van der Waals surface area contributed by atoms with E-state index in [2.05, 4.69) is 16.1 Å². The molecule has 3 aromatic carbocycles. The van der Waals surface area contributed by atoms with Gasteiger partial charge in [-0.3, -0.25) is 9.52 Å². The van der Waals surface area contributed by atoms with Crippen molar-refractivity contribution in [2.45, 2.75) is 25.2 Å². The highest BCUT2D eigenvalue weighted by atomic mass is 32.2. The van der Waals surface area contributed by atoms with E-state index in [1.165, 1.54) is 24.3 Å². The molecule has 0 aliphatic rings. The molecule has 7 heteroatoms. The molecule has 152 valence electrons. The van der Waals surface area contributed by atoms with Gasteiger partial charge in [0, 0.05) is 16.9 Å². The SMILES string of the molecule is Cc1ccc(NS(=O)(=O)c2ccc(C(=O)Nc3ccc(CC#N)cc3)cc2)cc1C. The largest absolute Gasteiger partial charge is 0.322 e. The van der Waals surface area contributed by atoms with Gasteiger partial charge < -0.3 is 5.32 Å². The fourth-order valence-corrected chi connectivity index (χ4v) is 3.85. The Morgan fingerprint density at radius 2 is 1.53 bits per heavy atom. The second-order valence-electron chi connectivity index (χ2n) is 6.91. The van der Waals surface area contributed by atoms with Crippen molar-refractivity contribution in [3.05, 3.63) is 89.0 Å². The van der Waals surface area contributed by atoms with Crippen LogP contribution in [0.25, 0.3) is 0 Å². The number of carbonyl (C=O) groups is 1. The van der Waals surface area contributed by atoms with Gasteiger partial charge >= 0.3 is 0 Å². The van der Waals surface area contributed by atoms with Gasteiger partial charge in [0.15, 0.2) is 0 Å². The van der Waals surface area contributed by atoms with E-state index < -0.39 is 10.0 Å². The second kappa shape index (κ2) is 8.80. The zero-order chi connectivity index (χ0) is 21.7. The number of nitrogens with one attached hydrogen (secondary N) is 2. The molecule has 0 aliphatic heterocycles. The molecule has 0 spiro atoms. The Morgan fingerprint density at radius 1 is 0.900 bits per heavy atom. The number of nitrogens with zero attached hydrogens (tertiary/aromatic N) is 1. The van der Waals surface area contributed by atoms with Gasteiger partial charge in [0.1, 0.15) is 0 Å². The number of aryl methyl sites for hydroxylation is 2. The van der Waals surface area contributed by atoms with Crippen molar-refractivity contribution in [3.63, 3.8) is 0 Å². The molecule has 3 aromatic rings. The highest BCUT2D eigenvalue weighted by Gasteiger charge is 2.16. The number of anilines is 2. The summed E-state index contributed by atoms with van der Waals surface area (Å²) >= 11 is 0. The molecule has 0 aromatic heterocycles. The maximum atomic E-state index is 12.6. The number of benzene rings is 3. The molecule has 0 saturated carbocycles. The maximum Gasteiger partial charge on any atom is 0.261 e. The third-order valence-corrected chi connectivity index (χ3v) is 6.08. The smallest absolute Gasteiger partial charge is 0.261 e. The Kier molecular flexibility index (Phi) is 6.19. The fourth-order valence-electron chi connectivity index (χ4n) is 2.80. The van der Waals surface area contributed by atoms with Crippen LogP contribution in [0.2, 0.25) is 0 Å². The van der Waals surface area contributed by atoms with Crippen molar-refractivity contribution in [1.82, 2.24) is 0 Å². The van der Waals surface area contributed by atoms with Crippen LogP contribution in [0.4, 0.5) is 11.4 Å². The Labute approximate surface area is 176 Å². The summed E-state index contributed by atoms with van der Waals surface area (Å²) in [5.74, 6) is -0.353. The lowest BCUT2D eigenvalue weighted by Gasteiger charge is -2.11. The normalized spacial score (nSPS) is 10.8. The Morgan fingerprint density at radius 3 is 2.13 bits per heavy atom. The standard InChI is InChI=1S/C23H21N3O3S/c1-16-3-8-21(15-17(16)2)26-30(28,29)22-11-6-19(7-12-22)23(27)25-20-9-4-18(5-10-20)13-14-24/h3-12,15,26H,13H2,1-2H3,(H,25,27). The van der Waals surface area contributed by atoms with Crippen LogP contribution in [0.3, 0.4) is 0 Å². The molecule has 0 fully saturated rings. The third-order valence-electron chi connectivity index (χ3n) is 4.68. The van der Waals surface area contributed by atoms with Crippen molar-refractivity contribution < 1.29 is 13.2 Å². The Hall–Kier alpha value is -3.63. The van der Waals surface area contributed by atoms with E-state index in [0.717, 1.165) is 16.7 Å². The summed E-state index contributed by atoms with van der Waals surface area (Å²) in [6, 6.07) is 20.1. The van der Waals surface area contributed by atoms with Gasteiger partial charge in [-0.25, -0.2) is 8.42 Å². The molecule has 30 heavy (non-hydrogen) atoms. The van der Waals surface area contributed by atoms with Crippen LogP contribution in [-0.4, -0.2) is 14.3 Å². The molecular formula is C23H21N3O3S. The van der Waals surface area contributed by atoms with E-state index >= 15 is 0 Å². The van der Waals surface area contributed by atoms with Gasteiger partial charge in [-0.05, 0) is 79.1 Å². The van der Waals surface area contributed by atoms with E-state index in [9.17, 15) is 13.2 Å². The summed E-state index contributed by atoms with van der Waals surface area (Å²) in [5, 5.41) is 11.5. The predicted octanol–water partition coefficient (Wildman–Crippen LogP) is 4.42. The summed E-state index contributed by atoms with van der Waals surface area (Å²) in [7, 11) is -3.76. The molecule has 6 nitrogen and oxygen atoms in total. The molecule has 0 heterocycles. The first-order chi connectivity index (χ1) is 14.3. The lowest BCUT2D eigenvalue weighted by molar-refractivity contribution is 0.102. The van der Waals surface area contributed by atoms with Crippen molar-refractivity contribution >= 4 is 27.3 Å². The summed E-state index contributed by atoms with van der Waals surface area (Å²) in [4.78, 5) is 12.5. The zero-order valence-corrected chi connectivity index (χ0v) is 17.5. The molecule has 0 radical (unpaired) electrons. The van der Waals surface area contributed by atoms with Crippen molar-refractivity contribution in [3.8, 4) is 6.07 Å². The Balaban J connectivity index is 1.70. The number of hydrogen-bond acceptors (Lipinski definition) is 4. The molecule has 1 amide bonds. The minimum absolute atomic E-state index is 0.0677. The molecule has 3 rings (SSSR count). The number of nitriles is 1. The number of amides is 1. The first-order valence-electron chi connectivity index (χ1n) is 9.26. The van der Waals surface area contributed by atoms with Crippen LogP contribution in [0.1, 0.15) is 27.0 Å². The van der Waals surface area contributed by atoms with E-state index in [1.54, 1.807) is 36.4 Å².